The highest BCUT2D eigenvalue weighted by Gasteiger charge is 2.12. The van der Waals surface area contributed by atoms with Crippen LogP contribution in [0.4, 0.5) is 5.69 Å². The number of rotatable bonds is 5. The van der Waals surface area contributed by atoms with Gasteiger partial charge in [0.25, 0.3) is 0 Å². The zero-order chi connectivity index (χ0) is 16.9. The van der Waals surface area contributed by atoms with Crippen LogP contribution in [0, 0.1) is 0 Å². The molecule has 6 heteroatoms. The Kier molecular flexibility index (Phi) is 4.82. The number of oxazole rings is 1. The van der Waals surface area contributed by atoms with Crippen LogP contribution in [0.5, 0.6) is 0 Å². The minimum absolute atomic E-state index is 0.349. The second-order valence-corrected chi connectivity index (χ2v) is 5.45. The molecule has 2 aromatic carbocycles. The van der Waals surface area contributed by atoms with Crippen molar-refractivity contribution in [1.82, 2.24) is 4.98 Å². The second-order valence-electron chi connectivity index (χ2n) is 5.02. The van der Waals surface area contributed by atoms with Crippen molar-refractivity contribution in [2.45, 2.75) is 6.54 Å². The van der Waals surface area contributed by atoms with E-state index < -0.39 is 5.97 Å². The Morgan fingerprint density at radius 2 is 1.96 bits per heavy atom. The van der Waals surface area contributed by atoms with Crippen molar-refractivity contribution in [2.75, 3.05) is 12.4 Å². The van der Waals surface area contributed by atoms with E-state index in [0.29, 0.717) is 34.5 Å². The Balaban J connectivity index is 1.72. The summed E-state index contributed by atoms with van der Waals surface area (Å²) in [6.45, 7) is 0.349. The molecule has 0 saturated carbocycles. The molecule has 0 unspecified atom stereocenters. The zero-order valence-corrected chi connectivity index (χ0v) is 13.7. The van der Waals surface area contributed by atoms with Crippen molar-refractivity contribution < 1.29 is 13.9 Å². The molecule has 0 aliphatic carbocycles. The summed E-state index contributed by atoms with van der Waals surface area (Å²) in [6.07, 6.45) is 1.66. The van der Waals surface area contributed by atoms with E-state index in [1.54, 1.807) is 36.5 Å². The molecule has 1 N–H and O–H groups in total. The smallest absolute Gasteiger partial charge is 0.339 e. The van der Waals surface area contributed by atoms with E-state index in [2.05, 4.69) is 10.3 Å². The van der Waals surface area contributed by atoms with Gasteiger partial charge in [-0.2, -0.15) is 0 Å². The molecule has 0 amide bonds. The van der Waals surface area contributed by atoms with E-state index in [1.165, 1.54) is 7.11 Å². The van der Waals surface area contributed by atoms with E-state index in [9.17, 15) is 4.79 Å². The number of methoxy groups -OCH3 is 1. The number of esters is 1. The molecular formula is C18H15ClN2O3. The number of aromatic nitrogens is 1. The Hall–Kier alpha value is -2.79. The molecule has 122 valence electrons. The molecule has 1 aromatic heterocycles. The standard InChI is InChI=1S/C18H15ClN2O3/c1-23-18(22)14-4-2-3-5-15(14)20-11-17-21-10-16(24-17)12-6-8-13(19)9-7-12/h2-10,20H,11H2,1H3. The summed E-state index contributed by atoms with van der Waals surface area (Å²) in [6, 6.07) is 14.4. The first-order valence-electron chi connectivity index (χ1n) is 7.29. The summed E-state index contributed by atoms with van der Waals surface area (Å²) in [5.74, 6) is 0.775. The number of hydrogen-bond acceptors (Lipinski definition) is 5. The highest BCUT2D eigenvalue weighted by atomic mass is 35.5. The topological polar surface area (TPSA) is 64.4 Å². The molecular weight excluding hydrogens is 328 g/mol. The van der Waals surface area contributed by atoms with Crippen molar-refractivity contribution in [3.63, 3.8) is 0 Å². The lowest BCUT2D eigenvalue weighted by Gasteiger charge is -2.08. The third kappa shape index (κ3) is 3.58. The maximum Gasteiger partial charge on any atom is 0.339 e. The van der Waals surface area contributed by atoms with Crippen molar-refractivity contribution in [2.24, 2.45) is 0 Å². The van der Waals surface area contributed by atoms with Gasteiger partial charge in [0, 0.05) is 16.3 Å². The van der Waals surface area contributed by atoms with Gasteiger partial charge in [-0.25, -0.2) is 9.78 Å². The molecule has 0 saturated heterocycles. The first kappa shape index (κ1) is 16.1. The van der Waals surface area contributed by atoms with Crippen LogP contribution in [0.25, 0.3) is 11.3 Å². The van der Waals surface area contributed by atoms with Gasteiger partial charge < -0.3 is 14.5 Å². The number of para-hydroxylation sites is 1. The van der Waals surface area contributed by atoms with Gasteiger partial charge in [0.05, 0.1) is 25.4 Å². The molecule has 3 rings (SSSR count). The monoisotopic (exact) mass is 342 g/mol. The minimum Gasteiger partial charge on any atom is -0.465 e. The minimum atomic E-state index is -0.396. The number of halogens is 1. The van der Waals surface area contributed by atoms with Crippen molar-refractivity contribution in [3.05, 3.63) is 71.2 Å². The fourth-order valence-corrected chi connectivity index (χ4v) is 2.36. The fraction of sp³-hybridized carbons (Fsp3) is 0.111. The lowest BCUT2D eigenvalue weighted by atomic mass is 10.2. The first-order valence-corrected chi connectivity index (χ1v) is 7.67. The number of carbonyl (C=O) groups is 1. The van der Waals surface area contributed by atoms with Gasteiger partial charge in [-0.1, -0.05) is 23.7 Å². The quantitative estimate of drug-likeness (QED) is 0.696. The maximum atomic E-state index is 11.8. The van der Waals surface area contributed by atoms with Crippen molar-refractivity contribution in [3.8, 4) is 11.3 Å². The predicted molar refractivity (Wildman–Crippen MR) is 92.1 cm³/mol. The number of anilines is 1. The molecule has 1 heterocycles. The number of nitrogens with one attached hydrogen (secondary N) is 1. The second kappa shape index (κ2) is 7.19. The highest BCUT2D eigenvalue weighted by Crippen LogP contribution is 2.23. The van der Waals surface area contributed by atoms with Crippen LogP contribution in [0.3, 0.4) is 0 Å². The number of benzene rings is 2. The SMILES string of the molecule is COC(=O)c1ccccc1NCc1ncc(-c2ccc(Cl)cc2)o1. The van der Waals surface area contributed by atoms with E-state index in [4.69, 9.17) is 20.8 Å². The Bertz CT molecular complexity index is 843. The molecule has 0 fully saturated rings. The summed E-state index contributed by atoms with van der Waals surface area (Å²) in [4.78, 5) is 16.0. The van der Waals surface area contributed by atoms with Crippen molar-refractivity contribution >= 4 is 23.3 Å². The molecule has 0 bridgehead atoms. The fourth-order valence-electron chi connectivity index (χ4n) is 2.24. The van der Waals surface area contributed by atoms with Crippen LogP contribution in [0.2, 0.25) is 5.02 Å². The molecule has 0 aliphatic rings. The van der Waals surface area contributed by atoms with Gasteiger partial charge in [-0.15, -0.1) is 0 Å². The summed E-state index contributed by atoms with van der Waals surface area (Å²) in [5, 5.41) is 3.81. The number of nitrogens with zero attached hydrogens (tertiary/aromatic N) is 1. The van der Waals surface area contributed by atoms with E-state index >= 15 is 0 Å². The zero-order valence-electron chi connectivity index (χ0n) is 13.0. The van der Waals surface area contributed by atoms with Crippen LogP contribution in [0.15, 0.2) is 59.1 Å². The van der Waals surface area contributed by atoms with Crippen LogP contribution < -0.4 is 5.32 Å². The first-order chi connectivity index (χ1) is 11.7. The summed E-state index contributed by atoms with van der Waals surface area (Å²) in [5.41, 5.74) is 2.02. The molecule has 0 radical (unpaired) electrons. The van der Waals surface area contributed by atoms with Crippen molar-refractivity contribution in [1.29, 1.82) is 0 Å². The number of ether oxygens (including phenoxy) is 1. The number of hydrogen-bond donors (Lipinski definition) is 1. The van der Waals surface area contributed by atoms with Gasteiger partial charge in [0.15, 0.2) is 5.76 Å². The van der Waals surface area contributed by atoms with Gasteiger partial charge in [-0.3, -0.25) is 0 Å². The van der Waals surface area contributed by atoms with Gasteiger partial charge in [-0.05, 0) is 36.4 Å². The summed E-state index contributed by atoms with van der Waals surface area (Å²) in [7, 11) is 1.35. The normalized spacial score (nSPS) is 10.4. The third-order valence-corrected chi connectivity index (χ3v) is 3.70. The van der Waals surface area contributed by atoms with Crippen LogP contribution in [-0.4, -0.2) is 18.1 Å². The predicted octanol–water partition coefficient (Wildman–Crippen LogP) is 4.39. The van der Waals surface area contributed by atoms with Gasteiger partial charge in [0.2, 0.25) is 5.89 Å². The molecule has 5 nitrogen and oxygen atoms in total. The number of carbonyl (C=O) groups excluding carboxylic acids is 1. The van der Waals surface area contributed by atoms with Crippen LogP contribution >= 0.6 is 11.6 Å². The average molecular weight is 343 g/mol. The lowest BCUT2D eigenvalue weighted by Crippen LogP contribution is -2.08. The van der Waals surface area contributed by atoms with E-state index in [0.717, 1.165) is 5.56 Å². The largest absolute Gasteiger partial charge is 0.465 e. The Morgan fingerprint density at radius 1 is 1.21 bits per heavy atom. The maximum absolute atomic E-state index is 11.8. The van der Waals surface area contributed by atoms with E-state index in [-0.39, 0.29) is 0 Å². The van der Waals surface area contributed by atoms with Gasteiger partial charge >= 0.3 is 5.97 Å². The molecule has 0 atom stereocenters. The van der Waals surface area contributed by atoms with E-state index in [1.807, 2.05) is 18.2 Å². The molecule has 0 spiro atoms. The van der Waals surface area contributed by atoms with Crippen LogP contribution in [-0.2, 0) is 11.3 Å². The summed E-state index contributed by atoms with van der Waals surface area (Å²) < 4.78 is 10.5. The third-order valence-electron chi connectivity index (χ3n) is 3.44. The lowest BCUT2D eigenvalue weighted by molar-refractivity contribution is 0.0602. The van der Waals surface area contributed by atoms with Gasteiger partial charge in [0.1, 0.15) is 0 Å². The molecule has 3 aromatic rings. The Labute approximate surface area is 144 Å². The highest BCUT2D eigenvalue weighted by molar-refractivity contribution is 6.30. The average Bonchev–Trinajstić information content (AvgIpc) is 3.09. The van der Waals surface area contributed by atoms with Crippen LogP contribution in [0.1, 0.15) is 16.2 Å². The summed E-state index contributed by atoms with van der Waals surface area (Å²) >= 11 is 5.88. The Morgan fingerprint density at radius 3 is 2.71 bits per heavy atom. The molecule has 24 heavy (non-hydrogen) atoms. The molecule has 0 aliphatic heterocycles.